The molecule has 3 heterocycles. The normalized spacial score (nSPS) is 17.7. The quantitative estimate of drug-likeness (QED) is 0.789. The third kappa shape index (κ3) is 3.79. The maximum atomic E-state index is 12.9. The molecule has 2 aromatic heterocycles. The Hall–Kier alpha value is -2.88. The van der Waals surface area contributed by atoms with Crippen LogP contribution in [-0.4, -0.2) is 35.5 Å². The summed E-state index contributed by atoms with van der Waals surface area (Å²) in [5.74, 6) is 0.105. The lowest BCUT2D eigenvalue weighted by Crippen LogP contribution is -2.28. The zero-order chi connectivity index (χ0) is 21.5. The van der Waals surface area contributed by atoms with Crippen molar-refractivity contribution in [2.24, 2.45) is 0 Å². The van der Waals surface area contributed by atoms with Crippen molar-refractivity contribution in [2.75, 3.05) is 12.3 Å². The summed E-state index contributed by atoms with van der Waals surface area (Å²) in [6.45, 7) is 1.93. The third-order valence-electron chi connectivity index (χ3n) is 5.03. The molecule has 0 saturated heterocycles. The van der Waals surface area contributed by atoms with Gasteiger partial charge in [-0.05, 0) is 36.1 Å². The molecule has 30 heavy (non-hydrogen) atoms. The van der Waals surface area contributed by atoms with Gasteiger partial charge >= 0.3 is 6.18 Å². The van der Waals surface area contributed by atoms with E-state index in [1.54, 1.807) is 13.0 Å². The first-order chi connectivity index (χ1) is 14.2. The minimum absolute atomic E-state index is 0.0681. The van der Waals surface area contributed by atoms with Crippen molar-refractivity contribution in [1.82, 2.24) is 20.1 Å². The number of nitrogens with zero attached hydrogens (tertiary/aromatic N) is 3. The fourth-order valence-electron chi connectivity index (χ4n) is 3.39. The lowest BCUT2D eigenvalue weighted by molar-refractivity contribution is -0.141. The van der Waals surface area contributed by atoms with Gasteiger partial charge in [-0.1, -0.05) is 25.2 Å². The molecule has 0 amide bonds. The Morgan fingerprint density at radius 3 is 2.73 bits per heavy atom. The van der Waals surface area contributed by atoms with Gasteiger partial charge < -0.3 is 5.32 Å². The van der Waals surface area contributed by atoms with Crippen LogP contribution in [0.5, 0.6) is 0 Å². The predicted octanol–water partition coefficient (Wildman–Crippen LogP) is 3.82. The summed E-state index contributed by atoms with van der Waals surface area (Å²) in [5, 5.41) is 7.66. The molecular weight excluding hydrogens is 417 g/mol. The lowest BCUT2D eigenvalue weighted by atomic mass is 9.96. The van der Waals surface area contributed by atoms with Crippen molar-refractivity contribution in [3.8, 4) is 0 Å². The average molecular weight is 436 g/mol. The number of halogens is 3. The van der Waals surface area contributed by atoms with Crippen LogP contribution >= 0.6 is 0 Å². The molecule has 0 saturated carbocycles. The Kier molecular flexibility index (Phi) is 5.05. The standard InChI is InChI=1S/C20H19F3N4O2S/c1-2-30(28,29)17-8-14(13-6-4-3-5-7-13)10-25-19(17)27-12-15-11-24-18(20(21,22)23)9-16(15)26-27/h3-4,6,8-9,11-12,25H,2,5,7,10H2,1H3. The van der Waals surface area contributed by atoms with Gasteiger partial charge in [-0.15, -0.1) is 0 Å². The summed E-state index contributed by atoms with van der Waals surface area (Å²) >= 11 is 0. The molecule has 6 nitrogen and oxygen atoms in total. The number of alkyl halides is 3. The van der Waals surface area contributed by atoms with Crippen LogP contribution in [0.4, 0.5) is 13.2 Å². The van der Waals surface area contributed by atoms with E-state index in [4.69, 9.17) is 0 Å². The molecule has 2 aliphatic rings. The summed E-state index contributed by atoms with van der Waals surface area (Å²) in [7, 11) is -3.62. The second-order valence-electron chi connectivity index (χ2n) is 7.00. The summed E-state index contributed by atoms with van der Waals surface area (Å²) < 4.78 is 65.7. The van der Waals surface area contributed by atoms with Crippen LogP contribution in [0, 0.1) is 0 Å². The van der Waals surface area contributed by atoms with E-state index in [2.05, 4.69) is 15.4 Å². The monoisotopic (exact) mass is 436 g/mol. The van der Waals surface area contributed by atoms with Crippen LogP contribution in [0.1, 0.15) is 25.5 Å². The van der Waals surface area contributed by atoms with Crippen molar-refractivity contribution in [1.29, 1.82) is 0 Å². The number of hydrogen-bond donors (Lipinski definition) is 1. The Bertz CT molecular complexity index is 1230. The largest absolute Gasteiger partial charge is 0.433 e. The van der Waals surface area contributed by atoms with Crippen LogP contribution in [0.15, 0.2) is 58.8 Å². The molecule has 158 valence electrons. The van der Waals surface area contributed by atoms with Crippen molar-refractivity contribution in [3.05, 3.63) is 64.5 Å². The molecule has 2 aromatic rings. The molecule has 0 unspecified atom stereocenters. The van der Waals surface area contributed by atoms with Gasteiger partial charge in [-0.3, -0.25) is 4.98 Å². The van der Waals surface area contributed by atoms with Crippen molar-refractivity contribution in [3.63, 3.8) is 0 Å². The minimum Gasteiger partial charge on any atom is -0.365 e. The van der Waals surface area contributed by atoms with Crippen molar-refractivity contribution < 1.29 is 21.6 Å². The van der Waals surface area contributed by atoms with Crippen LogP contribution in [0.25, 0.3) is 16.7 Å². The smallest absolute Gasteiger partial charge is 0.365 e. The van der Waals surface area contributed by atoms with Crippen LogP contribution < -0.4 is 5.32 Å². The molecule has 0 atom stereocenters. The Balaban J connectivity index is 1.85. The molecule has 1 N–H and O–H groups in total. The average Bonchev–Trinajstić information content (AvgIpc) is 3.16. The Morgan fingerprint density at radius 1 is 1.27 bits per heavy atom. The lowest BCUT2D eigenvalue weighted by Gasteiger charge is -2.24. The van der Waals surface area contributed by atoms with E-state index in [1.807, 2.05) is 18.2 Å². The molecule has 0 radical (unpaired) electrons. The number of allylic oxidation sites excluding steroid dienone is 4. The van der Waals surface area contributed by atoms with Gasteiger partial charge in [-0.25, -0.2) is 13.1 Å². The second kappa shape index (κ2) is 7.42. The molecule has 0 fully saturated rings. The van der Waals surface area contributed by atoms with Gasteiger partial charge in [0.15, 0.2) is 9.84 Å². The number of pyridine rings is 1. The van der Waals surface area contributed by atoms with Crippen molar-refractivity contribution >= 4 is 26.6 Å². The second-order valence-corrected chi connectivity index (χ2v) is 9.24. The van der Waals surface area contributed by atoms with Crippen LogP contribution in [-0.2, 0) is 16.0 Å². The molecule has 0 bridgehead atoms. The molecule has 0 aromatic carbocycles. The number of fused-ring (bicyclic) bond motifs is 1. The Labute approximate surface area is 171 Å². The number of aromatic nitrogens is 3. The molecule has 4 rings (SSSR count). The molecule has 10 heteroatoms. The maximum Gasteiger partial charge on any atom is 0.433 e. The minimum atomic E-state index is -4.59. The predicted molar refractivity (Wildman–Crippen MR) is 108 cm³/mol. The fraction of sp³-hybridized carbons (Fsp3) is 0.300. The van der Waals surface area contributed by atoms with Gasteiger partial charge in [0.05, 0.1) is 11.3 Å². The zero-order valence-electron chi connectivity index (χ0n) is 16.1. The zero-order valence-corrected chi connectivity index (χ0v) is 16.9. The number of rotatable bonds is 4. The highest BCUT2D eigenvalue weighted by atomic mass is 32.2. The highest BCUT2D eigenvalue weighted by Crippen LogP contribution is 2.31. The summed E-state index contributed by atoms with van der Waals surface area (Å²) in [6, 6.07) is 0.851. The topological polar surface area (TPSA) is 76.9 Å². The van der Waals surface area contributed by atoms with E-state index < -0.39 is 21.7 Å². The highest BCUT2D eigenvalue weighted by molar-refractivity contribution is 7.95. The van der Waals surface area contributed by atoms with E-state index in [-0.39, 0.29) is 22.0 Å². The van der Waals surface area contributed by atoms with Crippen LogP contribution in [0.2, 0.25) is 0 Å². The van der Waals surface area contributed by atoms with Crippen molar-refractivity contribution in [2.45, 2.75) is 25.9 Å². The van der Waals surface area contributed by atoms with E-state index in [1.165, 1.54) is 10.9 Å². The number of hydrogen-bond acceptors (Lipinski definition) is 5. The Morgan fingerprint density at radius 2 is 2.07 bits per heavy atom. The first-order valence-corrected chi connectivity index (χ1v) is 11.0. The van der Waals surface area contributed by atoms with E-state index in [0.29, 0.717) is 11.9 Å². The molecule has 1 aliphatic carbocycles. The first-order valence-electron chi connectivity index (χ1n) is 9.39. The van der Waals surface area contributed by atoms with E-state index in [9.17, 15) is 21.6 Å². The van der Waals surface area contributed by atoms with Gasteiger partial charge in [0.25, 0.3) is 0 Å². The molecular formula is C20H19F3N4O2S. The summed E-state index contributed by atoms with van der Waals surface area (Å²) in [5.41, 5.74) is 0.951. The number of dihydropyridines is 1. The first kappa shape index (κ1) is 20.4. The van der Waals surface area contributed by atoms with E-state index in [0.717, 1.165) is 36.3 Å². The van der Waals surface area contributed by atoms with Crippen LogP contribution in [0.3, 0.4) is 0 Å². The fourth-order valence-corrected chi connectivity index (χ4v) is 4.49. The molecule has 0 spiro atoms. The molecule has 1 aliphatic heterocycles. The number of nitrogens with one attached hydrogen (secondary N) is 1. The highest BCUT2D eigenvalue weighted by Gasteiger charge is 2.33. The third-order valence-corrected chi connectivity index (χ3v) is 6.78. The van der Waals surface area contributed by atoms with Gasteiger partial charge in [0.2, 0.25) is 0 Å². The maximum absolute atomic E-state index is 12.9. The van der Waals surface area contributed by atoms with Gasteiger partial charge in [-0.2, -0.15) is 18.3 Å². The van der Waals surface area contributed by atoms with E-state index >= 15 is 0 Å². The van der Waals surface area contributed by atoms with Gasteiger partial charge in [0, 0.05) is 24.3 Å². The SMILES string of the molecule is CCS(=O)(=O)C1=C(n2cc3cnc(C(F)(F)F)cc3n2)NCC(C2=CC=CCC2)=C1. The summed E-state index contributed by atoms with van der Waals surface area (Å²) in [6.07, 6.45) is 7.26. The summed E-state index contributed by atoms with van der Waals surface area (Å²) in [4.78, 5) is 3.50. The number of sulfone groups is 1. The van der Waals surface area contributed by atoms with Gasteiger partial charge in [0.1, 0.15) is 16.4 Å².